The van der Waals surface area contributed by atoms with Gasteiger partial charge in [0.05, 0.1) is 13.2 Å². The van der Waals surface area contributed by atoms with E-state index in [1.807, 2.05) is 0 Å². The van der Waals surface area contributed by atoms with Gasteiger partial charge in [0.2, 0.25) is 0 Å². The summed E-state index contributed by atoms with van der Waals surface area (Å²) in [5.74, 6) is 0. The minimum atomic E-state index is -3.33. The Morgan fingerprint density at radius 1 is 0.833 bits per heavy atom. The minimum absolute atomic E-state index is 0.452. The van der Waals surface area contributed by atoms with Crippen molar-refractivity contribution < 1.29 is 18.1 Å². The fraction of sp³-hybridized carbons (Fsp3) is 1.00. The van der Waals surface area contributed by atoms with E-state index >= 15 is 0 Å². The third-order valence-electron chi connectivity index (χ3n) is 2.43. The van der Waals surface area contributed by atoms with Gasteiger partial charge in [-0.2, -0.15) is 0 Å². The second kappa shape index (κ2) is 7.36. The van der Waals surface area contributed by atoms with E-state index in [4.69, 9.17) is 13.6 Å². The van der Waals surface area contributed by atoms with Gasteiger partial charge in [-0.15, -0.1) is 0 Å². The van der Waals surface area contributed by atoms with Crippen molar-refractivity contribution in [3.63, 3.8) is 0 Å². The Bertz CT molecular complexity index is 260. The summed E-state index contributed by atoms with van der Waals surface area (Å²) in [4.78, 5) is 0. The average Bonchev–Trinajstić information content (AvgIpc) is 2.13. The summed E-state index contributed by atoms with van der Waals surface area (Å²) >= 11 is 0. The van der Waals surface area contributed by atoms with Crippen LogP contribution in [0.1, 0.15) is 0 Å². The maximum Gasteiger partial charge on any atom is 0.474 e. The van der Waals surface area contributed by atoms with Crippen LogP contribution in [-0.4, -0.2) is 36.5 Å². The zero-order valence-corrected chi connectivity index (χ0v) is 15.8. The zero-order valence-electron chi connectivity index (χ0n) is 12.9. The van der Waals surface area contributed by atoms with Crippen molar-refractivity contribution in [1.82, 2.24) is 0 Å². The van der Waals surface area contributed by atoms with Crippen LogP contribution in [0.25, 0.3) is 0 Å². The van der Waals surface area contributed by atoms with Crippen LogP contribution in [0.15, 0.2) is 0 Å². The topological polar surface area (TPSA) is 44.8 Å². The number of phosphoric ester groups is 1. The van der Waals surface area contributed by atoms with E-state index in [-0.39, 0.29) is 0 Å². The molecule has 0 rings (SSSR count). The smallest absolute Gasteiger partial charge is 0.290 e. The summed E-state index contributed by atoms with van der Waals surface area (Å²) in [6.45, 7) is 14.4. The summed E-state index contributed by atoms with van der Waals surface area (Å²) in [6, 6.07) is 1.91. The van der Waals surface area contributed by atoms with Crippen LogP contribution in [-0.2, 0) is 18.1 Å². The summed E-state index contributed by atoms with van der Waals surface area (Å²) in [7, 11) is -4.31. The molecule has 0 aliphatic carbocycles. The first-order valence-corrected chi connectivity index (χ1v) is 15.3. The number of phosphoric acid groups is 1. The van der Waals surface area contributed by atoms with Gasteiger partial charge < -0.3 is 0 Å². The molecule has 0 aromatic carbocycles. The molecule has 110 valence electrons. The van der Waals surface area contributed by atoms with Gasteiger partial charge >= 0.3 is 7.82 Å². The average molecular weight is 312 g/mol. The standard InChI is InChI=1S/C11H29O4PSi2/c1-13-16(12,14-8-10-17(2,3)4)15-9-11-18(5,6)7/h8-11H2,1-7H3. The molecule has 0 fully saturated rings. The third kappa shape index (κ3) is 10.5. The van der Waals surface area contributed by atoms with Crippen molar-refractivity contribution in [2.75, 3.05) is 20.3 Å². The predicted molar refractivity (Wildman–Crippen MR) is 82.8 cm³/mol. The number of hydrogen-bond donors (Lipinski definition) is 0. The Hall–Kier alpha value is 0.544. The first kappa shape index (κ1) is 18.5. The zero-order chi connectivity index (χ0) is 14.4. The lowest BCUT2D eigenvalue weighted by Gasteiger charge is -2.21. The summed E-state index contributed by atoms with van der Waals surface area (Å²) in [6.07, 6.45) is 0. The Balaban J connectivity index is 4.08. The lowest BCUT2D eigenvalue weighted by molar-refractivity contribution is 0.141. The highest BCUT2D eigenvalue weighted by Crippen LogP contribution is 2.49. The second-order valence-corrected chi connectivity index (χ2v) is 19.9. The molecular weight excluding hydrogens is 283 g/mol. The van der Waals surface area contributed by atoms with Gasteiger partial charge in [0.25, 0.3) is 0 Å². The SMILES string of the molecule is COP(=O)(OCC[Si](C)(C)C)OCC[Si](C)(C)C. The molecule has 0 amide bonds. The van der Waals surface area contributed by atoms with Crippen LogP contribution in [0.2, 0.25) is 51.4 Å². The van der Waals surface area contributed by atoms with Crippen LogP contribution in [0.3, 0.4) is 0 Å². The van der Waals surface area contributed by atoms with Gasteiger partial charge in [0.1, 0.15) is 0 Å². The fourth-order valence-corrected chi connectivity index (χ4v) is 3.76. The van der Waals surface area contributed by atoms with Gasteiger partial charge in [0, 0.05) is 23.3 Å². The van der Waals surface area contributed by atoms with Crippen molar-refractivity contribution in [3.8, 4) is 0 Å². The molecule has 0 aromatic rings. The summed E-state index contributed by atoms with van der Waals surface area (Å²) in [5.41, 5.74) is 0. The fourth-order valence-electron chi connectivity index (χ4n) is 1.07. The molecule has 7 heteroatoms. The molecule has 0 N–H and O–H groups in total. The highest BCUT2D eigenvalue weighted by atomic mass is 31.2. The van der Waals surface area contributed by atoms with Crippen molar-refractivity contribution >= 4 is 24.0 Å². The summed E-state index contributed by atoms with van der Waals surface area (Å²) in [5, 5.41) is 0. The van der Waals surface area contributed by atoms with Crippen LogP contribution in [0, 0.1) is 0 Å². The monoisotopic (exact) mass is 312 g/mol. The number of rotatable bonds is 9. The van der Waals surface area contributed by atoms with Crippen LogP contribution in [0.4, 0.5) is 0 Å². The normalized spacial score (nSPS) is 13.9. The quantitative estimate of drug-likeness (QED) is 0.466. The molecule has 0 aliphatic rings. The van der Waals surface area contributed by atoms with Crippen molar-refractivity contribution in [2.24, 2.45) is 0 Å². The molecule has 0 heterocycles. The molecule has 0 spiro atoms. The highest BCUT2D eigenvalue weighted by molar-refractivity contribution is 7.48. The van der Waals surface area contributed by atoms with Crippen LogP contribution >= 0.6 is 7.82 Å². The van der Waals surface area contributed by atoms with Crippen molar-refractivity contribution in [1.29, 1.82) is 0 Å². The highest BCUT2D eigenvalue weighted by Gasteiger charge is 2.27. The van der Waals surface area contributed by atoms with E-state index in [1.165, 1.54) is 7.11 Å². The first-order chi connectivity index (χ1) is 7.97. The van der Waals surface area contributed by atoms with Gasteiger partial charge in [-0.25, -0.2) is 4.57 Å². The molecule has 0 unspecified atom stereocenters. The summed E-state index contributed by atoms with van der Waals surface area (Å²) < 4.78 is 27.7. The molecule has 0 atom stereocenters. The van der Waals surface area contributed by atoms with E-state index in [9.17, 15) is 4.57 Å². The lowest BCUT2D eigenvalue weighted by atomic mass is 10.9. The van der Waals surface area contributed by atoms with E-state index < -0.39 is 24.0 Å². The molecular formula is C11H29O4PSi2. The first-order valence-electron chi connectivity index (χ1n) is 6.42. The van der Waals surface area contributed by atoms with Crippen LogP contribution < -0.4 is 0 Å². The maximum absolute atomic E-state index is 12.1. The molecule has 0 aliphatic heterocycles. The van der Waals surface area contributed by atoms with Crippen molar-refractivity contribution in [2.45, 2.75) is 51.4 Å². The Kier molecular flexibility index (Phi) is 7.58. The van der Waals surface area contributed by atoms with E-state index in [0.29, 0.717) is 13.2 Å². The third-order valence-corrected chi connectivity index (χ3v) is 7.28. The van der Waals surface area contributed by atoms with Gasteiger partial charge in [0.15, 0.2) is 0 Å². The Labute approximate surface area is 114 Å². The predicted octanol–water partition coefficient (Wildman–Crippen LogP) is 4.45. The minimum Gasteiger partial charge on any atom is -0.290 e. The Morgan fingerprint density at radius 2 is 1.17 bits per heavy atom. The van der Waals surface area contributed by atoms with Crippen molar-refractivity contribution in [3.05, 3.63) is 0 Å². The molecule has 0 saturated carbocycles. The molecule has 0 bridgehead atoms. The van der Waals surface area contributed by atoms with E-state index in [1.54, 1.807) is 0 Å². The molecule has 0 aromatic heterocycles. The van der Waals surface area contributed by atoms with E-state index in [0.717, 1.165) is 12.1 Å². The van der Waals surface area contributed by atoms with Gasteiger partial charge in [-0.3, -0.25) is 13.6 Å². The van der Waals surface area contributed by atoms with Crippen LogP contribution in [0.5, 0.6) is 0 Å². The lowest BCUT2D eigenvalue weighted by Crippen LogP contribution is -2.22. The Morgan fingerprint density at radius 3 is 1.39 bits per heavy atom. The second-order valence-electron chi connectivity index (χ2n) is 6.92. The molecule has 0 saturated heterocycles. The van der Waals surface area contributed by atoms with Gasteiger partial charge in [-0.05, 0) is 12.1 Å². The molecule has 18 heavy (non-hydrogen) atoms. The molecule has 0 radical (unpaired) electrons. The molecule has 4 nitrogen and oxygen atoms in total. The van der Waals surface area contributed by atoms with E-state index in [2.05, 4.69) is 39.3 Å². The maximum atomic E-state index is 12.1. The number of hydrogen-bond acceptors (Lipinski definition) is 4. The van der Waals surface area contributed by atoms with Gasteiger partial charge in [-0.1, -0.05) is 39.3 Å². The largest absolute Gasteiger partial charge is 0.474 e.